The summed E-state index contributed by atoms with van der Waals surface area (Å²) in [5, 5.41) is 3.24. The van der Waals surface area contributed by atoms with Gasteiger partial charge in [0.05, 0.1) is 17.0 Å². The van der Waals surface area contributed by atoms with Crippen molar-refractivity contribution in [2.75, 3.05) is 11.1 Å². The molecular formula is C20H15FN4OS. The number of fused-ring (bicyclic) bond motifs is 1. The van der Waals surface area contributed by atoms with Crippen LogP contribution in [0.5, 0.6) is 0 Å². The van der Waals surface area contributed by atoms with Crippen molar-refractivity contribution in [3.8, 4) is 11.1 Å². The number of nitrogens with zero attached hydrogens (tertiary/aromatic N) is 2. The Balaban J connectivity index is 1.52. The maximum Gasteiger partial charge on any atom is 0.234 e. The molecule has 7 heteroatoms. The third kappa shape index (κ3) is 3.68. The van der Waals surface area contributed by atoms with Crippen LogP contribution < -0.4 is 5.32 Å². The van der Waals surface area contributed by atoms with Gasteiger partial charge in [0.25, 0.3) is 0 Å². The highest BCUT2D eigenvalue weighted by Crippen LogP contribution is 2.31. The largest absolute Gasteiger partial charge is 0.357 e. The lowest BCUT2D eigenvalue weighted by molar-refractivity contribution is -0.113. The van der Waals surface area contributed by atoms with Crippen LogP contribution in [-0.4, -0.2) is 26.6 Å². The summed E-state index contributed by atoms with van der Waals surface area (Å²) in [6.45, 7) is 0. The number of nitrogens with one attached hydrogen (secondary N) is 2. The standard InChI is InChI=1S/C20H15FN4OS/c21-15-8-4-5-9-16(15)25-17(26)11-27-20-19-18(23-12-24-20)14(10-22-19)13-6-2-1-3-7-13/h1-10,12,22H,11H2,(H,25,26). The van der Waals surface area contributed by atoms with Crippen LogP contribution in [0, 0.1) is 5.82 Å². The van der Waals surface area contributed by atoms with Gasteiger partial charge >= 0.3 is 0 Å². The van der Waals surface area contributed by atoms with Crippen LogP contribution in [0.1, 0.15) is 0 Å². The Hall–Kier alpha value is -3.19. The zero-order valence-corrected chi connectivity index (χ0v) is 15.0. The molecule has 0 radical (unpaired) electrons. The minimum Gasteiger partial charge on any atom is -0.357 e. The van der Waals surface area contributed by atoms with Crippen molar-refractivity contribution in [2.45, 2.75) is 5.03 Å². The average molecular weight is 378 g/mol. The molecule has 0 bridgehead atoms. The smallest absolute Gasteiger partial charge is 0.234 e. The van der Waals surface area contributed by atoms with Gasteiger partial charge < -0.3 is 10.3 Å². The first-order valence-electron chi connectivity index (χ1n) is 8.27. The maximum atomic E-state index is 13.6. The lowest BCUT2D eigenvalue weighted by Gasteiger charge is -2.06. The number of hydrogen-bond donors (Lipinski definition) is 2. The minimum absolute atomic E-state index is 0.111. The number of amides is 1. The lowest BCUT2D eigenvalue weighted by Crippen LogP contribution is -2.15. The highest BCUT2D eigenvalue weighted by atomic mass is 32.2. The first-order valence-corrected chi connectivity index (χ1v) is 9.25. The number of carbonyl (C=O) groups is 1. The Morgan fingerprint density at radius 3 is 2.67 bits per heavy atom. The molecule has 27 heavy (non-hydrogen) atoms. The van der Waals surface area contributed by atoms with Gasteiger partial charge in [0, 0.05) is 11.8 Å². The molecule has 0 aliphatic carbocycles. The molecule has 4 rings (SSSR count). The first-order chi connectivity index (χ1) is 13.2. The molecule has 2 aromatic carbocycles. The molecule has 1 amide bonds. The average Bonchev–Trinajstić information content (AvgIpc) is 3.13. The van der Waals surface area contributed by atoms with Crippen molar-refractivity contribution in [1.29, 1.82) is 0 Å². The van der Waals surface area contributed by atoms with Gasteiger partial charge in [-0.25, -0.2) is 14.4 Å². The van der Waals surface area contributed by atoms with Crippen LogP contribution in [0.3, 0.4) is 0 Å². The molecule has 0 saturated heterocycles. The third-order valence-corrected chi connectivity index (χ3v) is 4.99. The Labute approximate surface area is 159 Å². The van der Waals surface area contributed by atoms with E-state index in [0.29, 0.717) is 5.03 Å². The van der Waals surface area contributed by atoms with Gasteiger partial charge in [-0.1, -0.05) is 54.2 Å². The van der Waals surface area contributed by atoms with Crippen LogP contribution >= 0.6 is 11.8 Å². The number of carbonyl (C=O) groups excluding carboxylic acids is 1. The molecule has 134 valence electrons. The van der Waals surface area contributed by atoms with E-state index in [2.05, 4.69) is 20.3 Å². The zero-order valence-electron chi connectivity index (χ0n) is 14.1. The summed E-state index contributed by atoms with van der Waals surface area (Å²) in [4.78, 5) is 24.0. The fourth-order valence-electron chi connectivity index (χ4n) is 2.75. The summed E-state index contributed by atoms with van der Waals surface area (Å²) in [5.74, 6) is -0.649. The van der Waals surface area contributed by atoms with Gasteiger partial charge in [-0.15, -0.1) is 0 Å². The third-order valence-electron chi connectivity index (χ3n) is 4.00. The fourth-order valence-corrected chi connectivity index (χ4v) is 3.51. The van der Waals surface area contributed by atoms with Gasteiger partial charge in [0.2, 0.25) is 5.91 Å². The quantitative estimate of drug-likeness (QED) is 0.396. The predicted molar refractivity (Wildman–Crippen MR) is 105 cm³/mol. The van der Waals surface area contributed by atoms with Crippen molar-refractivity contribution in [1.82, 2.24) is 15.0 Å². The molecule has 2 heterocycles. The van der Waals surface area contributed by atoms with E-state index in [0.717, 1.165) is 22.2 Å². The highest BCUT2D eigenvalue weighted by Gasteiger charge is 2.14. The van der Waals surface area contributed by atoms with Crippen molar-refractivity contribution >= 4 is 34.4 Å². The number of aromatic nitrogens is 3. The van der Waals surface area contributed by atoms with Crippen LogP contribution in [0.4, 0.5) is 10.1 Å². The summed E-state index contributed by atoms with van der Waals surface area (Å²) in [5.41, 5.74) is 3.77. The molecule has 0 spiro atoms. The number of hydrogen-bond acceptors (Lipinski definition) is 4. The number of para-hydroxylation sites is 1. The Morgan fingerprint density at radius 2 is 1.85 bits per heavy atom. The fraction of sp³-hybridized carbons (Fsp3) is 0.0500. The van der Waals surface area contributed by atoms with Crippen molar-refractivity contribution in [3.63, 3.8) is 0 Å². The molecule has 4 aromatic rings. The minimum atomic E-state index is -0.461. The summed E-state index contributed by atoms with van der Waals surface area (Å²) >= 11 is 1.27. The predicted octanol–water partition coefficient (Wildman–Crippen LogP) is 4.49. The Morgan fingerprint density at radius 1 is 1.07 bits per heavy atom. The monoisotopic (exact) mass is 378 g/mol. The number of H-pyrrole nitrogens is 1. The van der Waals surface area contributed by atoms with Crippen molar-refractivity contribution in [2.24, 2.45) is 0 Å². The van der Waals surface area contributed by atoms with E-state index in [4.69, 9.17) is 0 Å². The van der Waals surface area contributed by atoms with Gasteiger partial charge in [0.1, 0.15) is 22.7 Å². The van der Waals surface area contributed by atoms with Crippen molar-refractivity contribution < 1.29 is 9.18 Å². The van der Waals surface area contributed by atoms with Gasteiger partial charge in [-0.2, -0.15) is 0 Å². The van der Waals surface area contributed by atoms with Crippen LogP contribution in [-0.2, 0) is 4.79 Å². The molecule has 2 aromatic heterocycles. The molecule has 2 N–H and O–H groups in total. The number of thioether (sulfide) groups is 1. The second-order valence-corrected chi connectivity index (χ2v) is 6.75. The highest BCUT2D eigenvalue weighted by molar-refractivity contribution is 8.00. The number of anilines is 1. The zero-order chi connectivity index (χ0) is 18.6. The molecule has 0 unspecified atom stereocenters. The normalized spacial score (nSPS) is 10.9. The molecule has 0 saturated carbocycles. The first kappa shape index (κ1) is 17.2. The molecule has 0 aliphatic rings. The lowest BCUT2D eigenvalue weighted by atomic mass is 10.1. The van der Waals surface area contributed by atoms with Gasteiger partial charge in [-0.3, -0.25) is 4.79 Å². The van der Waals surface area contributed by atoms with E-state index in [1.165, 1.54) is 30.2 Å². The van der Waals surface area contributed by atoms with E-state index >= 15 is 0 Å². The summed E-state index contributed by atoms with van der Waals surface area (Å²) in [7, 11) is 0. The van der Waals surface area contributed by atoms with E-state index in [1.807, 2.05) is 36.5 Å². The van der Waals surface area contributed by atoms with Crippen LogP contribution in [0.25, 0.3) is 22.2 Å². The maximum absolute atomic E-state index is 13.6. The number of aromatic amines is 1. The molecule has 5 nitrogen and oxygen atoms in total. The van der Waals surface area contributed by atoms with Crippen LogP contribution in [0.15, 0.2) is 72.1 Å². The Kier molecular flexibility index (Phi) is 4.84. The summed E-state index contributed by atoms with van der Waals surface area (Å²) < 4.78 is 13.6. The summed E-state index contributed by atoms with van der Waals surface area (Å²) in [6, 6.07) is 16.0. The Bertz CT molecular complexity index is 1100. The molecule has 0 atom stereocenters. The van der Waals surface area contributed by atoms with E-state index in [1.54, 1.807) is 12.1 Å². The van der Waals surface area contributed by atoms with E-state index in [-0.39, 0.29) is 17.3 Å². The second kappa shape index (κ2) is 7.59. The summed E-state index contributed by atoms with van der Waals surface area (Å²) in [6.07, 6.45) is 3.37. The molecular weight excluding hydrogens is 363 g/mol. The number of rotatable bonds is 5. The number of benzene rings is 2. The van der Waals surface area contributed by atoms with Crippen LogP contribution in [0.2, 0.25) is 0 Å². The second-order valence-electron chi connectivity index (χ2n) is 5.79. The SMILES string of the molecule is O=C(CSc1ncnc2c(-c3ccccc3)c[nH]c12)Nc1ccccc1F. The molecule has 0 aliphatic heterocycles. The van der Waals surface area contributed by atoms with Gasteiger partial charge in [-0.05, 0) is 17.7 Å². The van der Waals surface area contributed by atoms with Crippen molar-refractivity contribution in [3.05, 3.63) is 72.9 Å². The number of halogens is 1. The topological polar surface area (TPSA) is 70.7 Å². The van der Waals surface area contributed by atoms with E-state index < -0.39 is 5.82 Å². The van der Waals surface area contributed by atoms with E-state index in [9.17, 15) is 9.18 Å². The molecule has 0 fully saturated rings. The van der Waals surface area contributed by atoms with Gasteiger partial charge in [0.15, 0.2) is 0 Å².